The molecule has 0 bridgehead atoms. The third-order valence-electron chi connectivity index (χ3n) is 4.23. The highest BCUT2D eigenvalue weighted by Gasteiger charge is 2.32. The standard InChI is InChI=1S/C16H20ClN5O2/c1-16(11-23)6-3-8-21(10-16)15(24)19-13-5-9-22(20-13)14-12(17)4-2-7-18-14/h2,4-5,7,9,23H,3,6,8,10-11H2,1H3,(H,19,20,24). The molecule has 1 atom stereocenters. The van der Waals surface area contributed by atoms with Gasteiger partial charge in [0.15, 0.2) is 11.6 Å². The van der Waals surface area contributed by atoms with E-state index in [-0.39, 0.29) is 18.1 Å². The number of rotatable bonds is 3. The Hall–Kier alpha value is -2.12. The van der Waals surface area contributed by atoms with E-state index >= 15 is 0 Å². The highest BCUT2D eigenvalue weighted by atomic mass is 35.5. The maximum absolute atomic E-state index is 12.4. The van der Waals surface area contributed by atoms with Crippen LogP contribution in [0.15, 0.2) is 30.6 Å². The van der Waals surface area contributed by atoms with Gasteiger partial charge in [0.25, 0.3) is 0 Å². The molecule has 3 rings (SSSR count). The molecule has 0 radical (unpaired) electrons. The maximum atomic E-state index is 12.4. The van der Waals surface area contributed by atoms with Crippen molar-refractivity contribution in [3.05, 3.63) is 35.6 Å². The molecule has 2 amide bonds. The number of nitrogens with zero attached hydrogens (tertiary/aromatic N) is 4. The monoisotopic (exact) mass is 349 g/mol. The lowest BCUT2D eigenvalue weighted by atomic mass is 9.83. The van der Waals surface area contributed by atoms with Crippen LogP contribution in [-0.2, 0) is 0 Å². The summed E-state index contributed by atoms with van der Waals surface area (Å²) < 4.78 is 1.52. The van der Waals surface area contributed by atoms with E-state index < -0.39 is 0 Å². The molecule has 0 aromatic carbocycles. The summed E-state index contributed by atoms with van der Waals surface area (Å²) in [5.41, 5.74) is -0.240. The minimum atomic E-state index is -0.240. The molecule has 0 aliphatic carbocycles. The number of carbonyl (C=O) groups excluding carboxylic acids is 1. The van der Waals surface area contributed by atoms with Crippen molar-refractivity contribution < 1.29 is 9.90 Å². The van der Waals surface area contributed by atoms with Crippen LogP contribution < -0.4 is 5.32 Å². The van der Waals surface area contributed by atoms with Crippen LogP contribution in [0.25, 0.3) is 5.82 Å². The van der Waals surface area contributed by atoms with Gasteiger partial charge in [-0.25, -0.2) is 14.5 Å². The average Bonchev–Trinajstić information content (AvgIpc) is 3.03. The second kappa shape index (κ2) is 6.78. The van der Waals surface area contributed by atoms with Gasteiger partial charge in [0, 0.05) is 37.0 Å². The second-order valence-corrected chi connectivity index (χ2v) is 6.79. The number of urea groups is 1. The molecule has 2 N–H and O–H groups in total. The van der Waals surface area contributed by atoms with Crippen LogP contribution in [-0.4, -0.2) is 50.5 Å². The molecular weight excluding hydrogens is 330 g/mol. The van der Waals surface area contributed by atoms with E-state index in [9.17, 15) is 9.90 Å². The molecule has 1 unspecified atom stereocenters. The number of piperidine rings is 1. The zero-order valence-corrected chi connectivity index (χ0v) is 14.2. The van der Waals surface area contributed by atoms with Crippen molar-refractivity contribution in [1.82, 2.24) is 19.7 Å². The highest BCUT2D eigenvalue weighted by molar-refractivity contribution is 6.32. The van der Waals surface area contributed by atoms with E-state index in [4.69, 9.17) is 11.6 Å². The molecule has 1 aliphatic rings. The number of hydrogen-bond acceptors (Lipinski definition) is 4. The molecule has 1 saturated heterocycles. The van der Waals surface area contributed by atoms with Crippen molar-refractivity contribution in [1.29, 1.82) is 0 Å². The Morgan fingerprint density at radius 1 is 1.50 bits per heavy atom. The fourth-order valence-electron chi connectivity index (χ4n) is 2.86. The van der Waals surface area contributed by atoms with Gasteiger partial charge in [-0.2, -0.15) is 0 Å². The Kier molecular flexibility index (Phi) is 4.73. The van der Waals surface area contributed by atoms with Gasteiger partial charge in [0.1, 0.15) is 0 Å². The topological polar surface area (TPSA) is 83.3 Å². The van der Waals surface area contributed by atoms with E-state index in [0.29, 0.717) is 29.7 Å². The zero-order valence-electron chi connectivity index (χ0n) is 13.4. The molecule has 0 saturated carbocycles. The minimum absolute atomic E-state index is 0.0730. The van der Waals surface area contributed by atoms with Crippen molar-refractivity contribution in [3.63, 3.8) is 0 Å². The number of aromatic nitrogens is 3. The number of aliphatic hydroxyl groups excluding tert-OH is 1. The molecule has 8 heteroatoms. The van der Waals surface area contributed by atoms with Crippen LogP contribution in [0, 0.1) is 5.41 Å². The van der Waals surface area contributed by atoms with Gasteiger partial charge in [-0.1, -0.05) is 18.5 Å². The van der Waals surface area contributed by atoms with E-state index in [1.54, 1.807) is 35.5 Å². The fraction of sp³-hybridized carbons (Fsp3) is 0.438. The van der Waals surface area contributed by atoms with Gasteiger partial charge in [0.2, 0.25) is 0 Å². The molecule has 0 spiro atoms. The molecule has 2 aromatic heterocycles. The average molecular weight is 350 g/mol. The highest BCUT2D eigenvalue weighted by Crippen LogP contribution is 2.29. The van der Waals surface area contributed by atoms with E-state index in [2.05, 4.69) is 15.4 Å². The summed E-state index contributed by atoms with van der Waals surface area (Å²) in [4.78, 5) is 18.3. The number of halogens is 1. The molecule has 7 nitrogen and oxygen atoms in total. The van der Waals surface area contributed by atoms with Crippen LogP contribution in [0.1, 0.15) is 19.8 Å². The Balaban J connectivity index is 1.69. The van der Waals surface area contributed by atoms with Crippen LogP contribution in [0.3, 0.4) is 0 Å². The molecule has 3 heterocycles. The van der Waals surface area contributed by atoms with Crippen LogP contribution in [0.4, 0.5) is 10.6 Å². The van der Waals surface area contributed by atoms with Gasteiger partial charge in [-0.05, 0) is 25.0 Å². The van der Waals surface area contributed by atoms with E-state index in [1.165, 1.54) is 4.68 Å². The lowest BCUT2D eigenvalue weighted by Crippen LogP contribution is -2.48. The number of carbonyl (C=O) groups is 1. The Labute approximate surface area is 145 Å². The molecule has 2 aromatic rings. The SMILES string of the molecule is CC1(CO)CCCN(C(=O)Nc2ccn(-c3ncccc3Cl)n2)C1. The lowest BCUT2D eigenvalue weighted by Gasteiger charge is -2.39. The summed E-state index contributed by atoms with van der Waals surface area (Å²) in [5.74, 6) is 0.934. The number of nitrogens with one attached hydrogen (secondary N) is 1. The van der Waals surface area contributed by atoms with Gasteiger partial charge in [-0.3, -0.25) is 5.32 Å². The van der Waals surface area contributed by atoms with Crippen molar-refractivity contribution in [2.24, 2.45) is 5.41 Å². The van der Waals surface area contributed by atoms with E-state index in [1.807, 2.05) is 6.92 Å². The molecule has 24 heavy (non-hydrogen) atoms. The van der Waals surface area contributed by atoms with Crippen LogP contribution in [0.5, 0.6) is 0 Å². The molecule has 1 aliphatic heterocycles. The summed E-state index contributed by atoms with van der Waals surface area (Å²) in [6.07, 6.45) is 5.12. The van der Waals surface area contributed by atoms with Crippen molar-refractivity contribution in [2.45, 2.75) is 19.8 Å². The summed E-state index contributed by atoms with van der Waals surface area (Å²) in [6.45, 7) is 3.27. The maximum Gasteiger partial charge on any atom is 0.323 e. The first-order valence-electron chi connectivity index (χ1n) is 7.84. The first kappa shape index (κ1) is 16.7. The Morgan fingerprint density at radius 2 is 2.33 bits per heavy atom. The molecule has 1 fully saturated rings. The number of likely N-dealkylation sites (tertiary alicyclic amines) is 1. The van der Waals surface area contributed by atoms with Gasteiger partial charge < -0.3 is 10.0 Å². The third kappa shape index (κ3) is 3.52. The summed E-state index contributed by atoms with van der Waals surface area (Å²) >= 11 is 6.10. The number of amides is 2. The normalized spacial score (nSPS) is 20.9. The zero-order chi connectivity index (χ0) is 17.2. The summed E-state index contributed by atoms with van der Waals surface area (Å²) in [5, 5.41) is 17.1. The molecule has 128 valence electrons. The van der Waals surface area contributed by atoms with Gasteiger partial charge >= 0.3 is 6.03 Å². The number of pyridine rings is 1. The minimum Gasteiger partial charge on any atom is -0.396 e. The first-order chi connectivity index (χ1) is 11.5. The summed E-state index contributed by atoms with van der Waals surface area (Å²) in [7, 11) is 0. The predicted molar refractivity (Wildman–Crippen MR) is 91.4 cm³/mol. The fourth-order valence-corrected chi connectivity index (χ4v) is 3.07. The third-order valence-corrected chi connectivity index (χ3v) is 4.53. The Morgan fingerprint density at radius 3 is 3.08 bits per heavy atom. The van der Waals surface area contributed by atoms with Gasteiger partial charge in [-0.15, -0.1) is 5.10 Å². The van der Waals surface area contributed by atoms with Crippen molar-refractivity contribution in [2.75, 3.05) is 25.0 Å². The van der Waals surface area contributed by atoms with Gasteiger partial charge in [0.05, 0.1) is 11.6 Å². The number of anilines is 1. The lowest BCUT2D eigenvalue weighted by molar-refractivity contribution is 0.0648. The smallest absolute Gasteiger partial charge is 0.323 e. The van der Waals surface area contributed by atoms with Crippen molar-refractivity contribution in [3.8, 4) is 5.82 Å². The predicted octanol–water partition coefficient (Wildman–Crippen LogP) is 2.55. The van der Waals surface area contributed by atoms with E-state index in [0.717, 1.165) is 12.8 Å². The largest absolute Gasteiger partial charge is 0.396 e. The van der Waals surface area contributed by atoms with Crippen molar-refractivity contribution >= 4 is 23.4 Å². The Bertz CT molecular complexity index is 735. The van der Waals surface area contributed by atoms with Crippen LogP contribution >= 0.6 is 11.6 Å². The quantitative estimate of drug-likeness (QED) is 0.892. The molecular formula is C16H20ClN5O2. The second-order valence-electron chi connectivity index (χ2n) is 6.38. The number of aliphatic hydroxyl groups is 1. The summed E-state index contributed by atoms with van der Waals surface area (Å²) in [6, 6.07) is 4.95. The first-order valence-corrected chi connectivity index (χ1v) is 8.22. The number of hydrogen-bond donors (Lipinski definition) is 2. The van der Waals surface area contributed by atoms with Crippen LogP contribution in [0.2, 0.25) is 5.02 Å².